The number of ketones is 1. The highest BCUT2D eigenvalue weighted by Gasteiger charge is 2.36. The first-order chi connectivity index (χ1) is 7.72. The van der Waals surface area contributed by atoms with Crippen LogP contribution in [0, 0.1) is 0 Å². The van der Waals surface area contributed by atoms with Crippen molar-refractivity contribution in [1.29, 1.82) is 0 Å². The molecule has 1 heterocycles. The zero-order valence-electron chi connectivity index (χ0n) is 10.9. The Kier molecular flexibility index (Phi) is 3.91. The second kappa shape index (κ2) is 4.85. The summed E-state index contributed by atoms with van der Waals surface area (Å²) in [7, 11) is 0. The summed E-state index contributed by atoms with van der Waals surface area (Å²) in [6.07, 6.45) is 1.39. The largest absolute Gasteiger partial charge is 0.350 e. The molecular formula is C12H20N2O3. The average Bonchev–Trinajstić information content (AvgIpc) is 2.61. The van der Waals surface area contributed by atoms with Gasteiger partial charge in [-0.2, -0.15) is 0 Å². The first-order valence-electron chi connectivity index (χ1n) is 5.86. The number of carbonyl (C=O) groups excluding carboxylic acids is 3. The Morgan fingerprint density at radius 3 is 2.29 bits per heavy atom. The summed E-state index contributed by atoms with van der Waals surface area (Å²) in [5.41, 5.74) is -0.329. The Balaban J connectivity index is 2.73. The van der Waals surface area contributed by atoms with Crippen molar-refractivity contribution in [3.05, 3.63) is 0 Å². The van der Waals surface area contributed by atoms with Gasteiger partial charge in [0.05, 0.1) is 0 Å². The topological polar surface area (TPSA) is 66.5 Å². The van der Waals surface area contributed by atoms with Crippen LogP contribution in [0.25, 0.3) is 0 Å². The first kappa shape index (κ1) is 13.7. The molecule has 0 aromatic rings. The lowest BCUT2D eigenvalue weighted by molar-refractivity contribution is -0.146. The molecule has 1 rings (SSSR count). The van der Waals surface area contributed by atoms with Crippen molar-refractivity contribution in [1.82, 2.24) is 10.2 Å². The van der Waals surface area contributed by atoms with E-state index in [-0.39, 0.29) is 11.4 Å². The second-order valence-corrected chi connectivity index (χ2v) is 5.45. The number of likely N-dealkylation sites (tertiary alicyclic amines) is 1. The molecule has 17 heavy (non-hydrogen) atoms. The molecule has 1 saturated heterocycles. The Hall–Kier alpha value is -1.39. The van der Waals surface area contributed by atoms with Crippen molar-refractivity contribution in [2.24, 2.45) is 0 Å². The summed E-state index contributed by atoms with van der Waals surface area (Å²) in [5.74, 6) is -1.25. The van der Waals surface area contributed by atoms with Crippen molar-refractivity contribution in [3.8, 4) is 0 Å². The third kappa shape index (κ3) is 3.54. The number of rotatable bonds is 2. The molecule has 1 aliphatic heterocycles. The number of hydrogen-bond acceptors (Lipinski definition) is 3. The number of nitrogens with one attached hydrogen (secondary N) is 1. The molecule has 0 unspecified atom stereocenters. The molecule has 0 aromatic carbocycles. The van der Waals surface area contributed by atoms with Crippen LogP contribution in [0.1, 0.15) is 40.5 Å². The van der Waals surface area contributed by atoms with Crippen molar-refractivity contribution in [2.75, 3.05) is 6.54 Å². The highest BCUT2D eigenvalue weighted by Crippen LogP contribution is 2.18. The van der Waals surface area contributed by atoms with E-state index in [9.17, 15) is 14.4 Å². The highest BCUT2D eigenvalue weighted by molar-refractivity contribution is 6.35. The van der Waals surface area contributed by atoms with Gasteiger partial charge in [-0.25, -0.2) is 0 Å². The summed E-state index contributed by atoms with van der Waals surface area (Å²) < 4.78 is 0. The van der Waals surface area contributed by atoms with Crippen molar-refractivity contribution in [2.45, 2.75) is 52.1 Å². The molecular weight excluding hydrogens is 220 g/mol. The molecule has 2 amide bonds. The van der Waals surface area contributed by atoms with Gasteiger partial charge in [-0.05, 0) is 33.6 Å². The lowest BCUT2D eigenvalue weighted by atomic mass is 10.1. The minimum Gasteiger partial charge on any atom is -0.350 e. The number of nitrogens with zero attached hydrogens (tertiary/aromatic N) is 1. The van der Waals surface area contributed by atoms with Crippen LogP contribution in [-0.4, -0.2) is 40.6 Å². The van der Waals surface area contributed by atoms with Gasteiger partial charge in [-0.15, -0.1) is 0 Å². The van der Waals surface area contributed by atoms with Crippen LogP contribution < -0.4 is 5.32 Å². The zero-order chi connectivity index (χ0) is 13.2. The van der Waals surface area contributed by atoms with E-state index in [0.29, 0.717) is 13.0 Å². The predicted octanol–water partition coefficient (Wildman–Crippen LogP) is 0.481. The lowest BCUT2D eigenvalue weighted by Crippen LogP contribution is -2.52. The predicted molar refractivity (Wildman–Crippen MR) is 63.3 cm³/mol. The van der Waals surface area contributed by atoms with Gasteiger partial charge >= 0.3 is 0 Å². The molecule has 5 heteroatoms. The van der Waals surface area contributed by atoms with Crippen molar-refractivity contribution in [3.63, 3.8) is 0 Å². The Labute approximate surface area is 102 Å². The molecule has 0 spiro atoms. The molecule has 0 aromatic heterocycles. The zero-order valence-corrected chi connectivity index (χ0v) is 10.9. The molecule has 0 bridgehead atoms. The van der Waals surface area contributed by atoms with Gasteiger partial charge in [0.2, 0.25) is 11.7 Å². The smallest absolute Gasteiger partial charge is 0.290 e. The quantitative estimate of drug-likeness (QED) is 0.714. The Morgan fingerprint density at radius 2 is 1.82 bits per heavy atom. The van der Waals surface area contributed by atoms with Gasteiger partial charge < -0.3 is 10.2 Å². The summed E-state index contributed by atoms with van der Waals surface area (Å²) in [6, 6.07) is -0.495. The standard InChI is InChI=1S/C12H20N2O3/c1-8(15)11(17)14-7-5-6-9(14)10(16)13-12(2,3)4/h9H,5-7H2,1-4H3,(H,13,16)/t9-/m0/s1. The molecule has 1 aliphatic rings. The summed E-state index contributed by atoms with van der Waals surface area (Å²) >= 11 is 0. The third-order valence-electron chi connectivity index (χ3n) is 2.62. The SMILES string of the molecule is CC(=O)C(=O)N1CCC[C@H]1C(=O)NC(C)(C)C. The van der Waals surface area contributed by atoms with Crippen molar-refractivity contribution < 1.29 is 14.4 Å². The monoisotopic (exact) mass is 240 g/mol. The van der Waals surface area contributed by atoms with Crippen LogP contribution in [0.2, 0.25) is 0 Å². The number of amides is 2. The summed E-state index contributed by atoms with van der Waals surface area (Å²) in [5, 5.41) is 2.84. The molecule has 1 atom stereocenters. The van der Waals surface area contributed by atoms with Crippen LogP contribution in [0.4, 0.5) is 0 Å². The fourth-order valence-corrected chi connectivity index (χ4v) is 1.94. The van der Waals surface area contributed by atoms with Crippen LogP contribution in [0.15, 0.2) is 0 Å². The molecule has 1 fully saturated rings. The van der Waals surface area contributed by atoms with E-state index in [1.165, 1.54) is 11.8 Å². The van der Waals surface area contributed by atoms with Crippen LogP contribution in [-0.2, 0) is 14.4 Å². The van der Waals surface area contributed by atoms with E-state index < -0.39 is 17.7 Å². The fraction of sp³-hybridized carbons (Fsp3) is 0.750. The maximum Gasteiger partial charge on any atom is 0.290 e. The average molecular weight is 240 g/mol. The molecule has 0 aliphatic carbocycles. The summed E-state index contributed by atoms with van der Waals surface area (Å²) in [4.78, 5) is 36.0. The second-order valence-electron chi connectivity index (χ2n) is 5.45. The van der Waals surface area contributed by atoms with E-state index in [2.05, 4.69) is 5.32 Å². The minimum atomic E-state index is -0.559. The number of Topliss-reactive ketones (excluding diaryl/α,β-unsaturated/α-hetero) is 1. The maximum absolute atomic E-state index is 12.0. The normalized spacial score (nSPS) is 20.2. The van der Waals surface area contributed by atoms with E-state index in [0.717, 1.165) is 6.42 Å². The van der Waals surface area contributed by atoms with Crippen molar-refractivity contribution >= 4 is 17.6 Å². The molecule has 96 valence electrons. The third-order valence-corrected chi connectivity index (χ3v) is 2.62. The van der Waals surface area contributed by atoms with Gasteiger partial charge in [0.15, 0.2) is 0 Å². The van der Waals surface area contributed by atoms with Crippen LogP contribution in [0.3, 0.4) is 0 Å². The van der Waals surface area contributed by atoms with Gasteiger partial charge in [-0.1, -0.05) is 0 Å². The lowest BCUT2D eigenvalue weighted by Gasteiger charge is -2.27. The number of hydrogen-bond donors (Lipinski definition) is 1. The molecule has 0 saturated carbocycles. The highest BCUT2D eigenvalue weighted by atomic mass is 16.2. The van der Waals surface area contributed by atoms with E-state index >= 15 is 0 Å². The first-order valence-corrected chi connectivity index (χ1v) is 5.86. The minimum absolute atomic E-state index is 0.176. The van der Waals surface area contributed by atoms with Gasteiger partial charge in [0.25, 0.3) is 5.91 Å². The number of carbonyl (C=O) groups is 3. The van der Waals surface area contributed by atoms with E-state index in [4.69, 9.17) is 0 Å². The molecule has 0 radical (unpaired) electrons. The van der Waals surface area contributed by atoms with E-state index in [1.54, 1.807) is 0 Å². The van der Waals surface area contributed by atoms with Crippen LogP contribution in [0.5, 0.6) is 0 Å². The van der Waals surface area contributed by atoms with Gasteiger partial charge in [0.1, 0.15) is 6.04 Å². The van der Waals surface area contributed by atoms with Crippen LogP contribution >= 0.6 is 0 Å². The molecule has 1 N–H and O–H groups in total. The van der Waals surface area contributed by atoms with Gasteiger partial charge in [-0.3, -0.25) is 14.4 Å². The molecule has 5 nitrogen and oxygen atoms in total. The summed E-state index contributed by atoms with van der Waals surface area (Å²) in [6.45, 7) is 7.38. The Bertz CT molecular complexity index is 344. The van der Waals surface area contributed by atoms with Gasteiger partial charge in [0, 0.05) is 19.0 Å². The Morgan fingerprint density at radius 1 is 1.24 bits per heavy atom. The van der Waals surface area contributed by atoms with E-state index in [1.807, 2.05) is 20.8 Å². The maximum atomic E-state index is 12.0. The fourth-order valence-electron chi connectivity index (χ4n) is 1.94.